The summed E-state index contributed by atoms with van der Waals surface area (Å²) < 4.78 is 11.4. The van der Waals surface area contributed by atoms with E-state index in [1.807, 2.05) is 6.07 Å². The average Bonchev–Trinajstić information content (AvgIpc) is 2.87. The van der Waals surface area contributed by atoms with Crippen LogP contribution >= 0.6 is 0 Å². The molecule has 98 valence electrons. The molecular formula is C14H20N2O2. The first kappa shape index (κ1) is 11.8. The lowest BCUT2D eigenvalue weighted by Crippen LogP contribution is -2.27. The largest absolute Gasteiger partial charge is 0.486 e. The lowest BCUT2D eigenvalue weighted by atomic mass is 9.97. The minimum absolute atomic E-state index is 0.549. The Kier molecular flexibility index (Phi) is 3.39. The first-order valence-corrected chi connectivity index (χ1v) is 6.69. The van der Waals surface area contributed by atoms with Gasteiger partial charge in [-0.15, -0.1) is 0 Å². The number of likely N-dealkylation sites (tertiary alicyclic amines) is 1. The van der Waals surface area contributed by atoms with Crippen LogP contribution in [0.3, 0.4) is 0 Å². The van der Waals surface area contributed by atoms with Crippen LogP contribution in [0.2, 0.25) is 0 Å². The molecule has 3 rings (SSSR count). The maximum absolute atomic E-state index is 5.79. The van der Waals surface area contributed by atoms with Crippen molar-refractivity contribution in [2.24, 2.45) is 5.73 Å². The van der Waals surface area contributed by atoms with Crippen LogP contribution in [0.25, 0.3) is 0 Å². The summed E-state index contributed by atoms with van der Waals surface area (Å²) in [5, 5.41) is 0. The number of benzene rings is 1. The Hall–Kier alpha value is -1.26. The summed E-state index contributed by atoms with van der Waals surface area (Å²) in [5.74, 6) is 2.41. The zero-order valence-corrected chi connectivity index (χ0v) is 10.6. The Labute approximate surface area is 108 Å². The molecule has 1 aromatic rings. The Morgan fingerprint density at radius 1 is 1.28 bits per heavy atom. The van der Waals surface area contributed by atoms with E-state index in [0.29, 0.717) is 19.1 Å². The van der Waals surface area contributed by atoms with Gasteiger partial charge in [-0.05, 0) is 19.0 Å². The highest BCUT2D eigenvalue weighted by atomic mass is 16.6. The van der Waals surface area contributed by atoms with Crippen molar-refractivity contribution in [1.29, 1.82) is 0 Å². The number of ether oxygens (including phenoxy) is 2. The highest BCUT2D eigenvalue weighted by Crippen LogP contribution is 2.40. The summed E-state index contributed by atoms with van der Waals surface area (Å²) in [4.78, 5) is 2.42. The molecule has 0 spiro atoms. The molecule has 1 unspecified atom stereocenters. The molecule has 2 aliphatic rings. The van der Waals surface area contributed by atoms with Crippen LogP contribution in [0.5, 0.6) is 11.5 Å². The fourth-order valence-electron chi connectivity index (χ4n) is 2.89. The zero-order valence-electron chi connectivity index (χ0n) is 10.6. The van der Waals surface area contributed by atoms with E-state index in [9.17, 15) is 0 Å². The van der Waals surface area contributed by atoms with Crippen LogP contribution in [-0.2, 0) is 0 Å². The predicted octanol–water partition coefficient (Wildman–Crippen LogP) is 1.21. The second kappa shape index (κ2) is 5.16. The van der Waals surface area contributed by atoms with Crippen molar-refractivity contribution in [3.63, 3.8) is 0 Å². The average molecular weight is 248 g/mol. The van der Waals surface area contributed by atoms with Gasteiger partial charge in [-0.1, -0.05) is 12.1 Å². The number of hydrogen-bond donors (Lipinski definition) is 1. The van der Waals surface area contributed by atoms with Crippen molar-refractivity contribution in [2.75, 3.05) is 39.4 Å². The molecule has 2 N–H and O–H groups in total. The first-order chi connectivity index (χ1) is 8.88. The van der Waals surface area contributed by atoms with Gasteiger partial charge >= 0.3 is 0 Å². The molecule has 0 aliphatic carbocycles. The summed E-state index contributed by atoms with van der Waals surface area (Å²) in [7, 11) is 0. The number of hydrogen-bond acceptors (Lipinski definition) is 4. The van der Waals surface area contributed by atoms with Gasteiger partial charge in [-0.25, -0.2) is 0 Å². The van der Waals surface area contributed by atoms with Gasteiger partial charge in [0.15, 0.2) is 11.5 Å². The van der Waals surface area contributed by atoms with Gasteiger partial charge in [0, 0.05) is 31.1 Å². The van der Waals surface area contributed by atoms with Crippen molar-refractivity contribution >= 4 is 0 Å². The van der Waals surface area contributed by atoms with Crippen molar-refractivity contribution in [3.05, 3.63) is 23.8 Å². The smallest absolute Gasteiger partial charge is 0.164 e. The van der Waals surface area contributed by atoms with Crippen LogP contribution < -0.4 is 15.2 Å². The van der Waals surface area contributed by atoms with E-state index in [4.69, 9.17) is 15.2 Å². The predicted molar refractivity (Wildman–Crippen MR) is 70.3 cm³/mol. The van der Waals surface area contributed by atoms with Crippen LogP contribution in [0.4, 0.5) is 0 Å². The molecule has 0 saturated carbocycles. The molecule has 0 amide bonds. The molecule has 4 heteroatoms. The third-order valence-electron chi connectivity index (χ3n) is 3.75. The number of nitrogens with two attached hydrogens (primary N) is 1. The van der Waals surface area contributed by atoms with E-state index < -0.39 is 0 Å². The minimum Gasteiger partial charge on any atom is -0.486 e. The van der Waals surface area contributed by atoms with E-state index in [0.717, 1.165) is 37.7 Å². The summed E-state index contributed by atoms with van der Waals surface area (Å²) >= 11 is 0. The number of para-hydroxylation sites is 1. The third-order valence-corrected chi connectivity index (χ3v) is 3.75. The number of fused-ring (bicyclic) bond motifs is 1. The van der Waals surface area contributed by atoms with Gasteiger partial charge in [0.1, 0.15) is 13.2 Å². The van der Waals surface area contributed by atoms with Crippen LogP contribution in [0, 0.1) is 0 Å². The molecule has 1 aromatic carbocycles. The lowest BCUT2D eigenvalue weighted by molar-refractivity contribution is 0.169. The van der Waals surface area contributed by atoms with Gasteiger partial charge in [0.25, 0.3) is 0 Å². The quantitative estimate of drug-likeness (QED) is 0.873. The third kappa shape index (κ3) is 2.18. The van der Waals surface area contributed by atoms with Crippen LogP contribution in [0.15, 0.2) is 18.2 Å². The Bertz CT molecular complexity index is 422. The van der Waals surface area contributed by atoms with E-state index in [1.165, 1.54) is 12.0 Å². The molecule has 1 atom stereocenters. The maximum atomic E-state index is 5.79. The zero-order chi connectivity index (χ0) is 12.4. The topological polar surface area (TPSA) is 47.7 Å². The van der Waals surface area contributed by atoms with Crippen molar-refractivity contribution < 1.29 is 9.47 Å². The van der Waals surface area contributed by atoms with Crippen LogP contribution in [-0.4, -0.2) is 44.3 Å². The fraction of sp³-hybridized carbons (Fsp3) is 0.571. The van der Waals surface area contributed by atoms with Gasteiger partial charge in [-0.2, -0.15) is 0 Å². The van der Waals surface area contributed by atoms with Crippen molar-refractivity contribution in [2.45, 2.75) is 12.3 Å². The van der Waals surface area contributed by atoms with E-state index in [2.05, 4.69) is 17.0 Å². The molecule has 1 saturated heterocycles. The SMILES string of the molecule is NCCN1CCC(c2cccc3c2OCCO3)C1. The number of rotatable bonds is 3. The molecule has 2 heterocycles. The summed E-state index contributed by atoms with van der Waals surface area (Å²) in [6.07, 6.45) is 1.18. The standard InChI is InChI=1S/C14H20N2O2/c15-5-7-16-6-4-11(10-16)12-2-1-3-13-14(12)18-9-8-17-13/h1-3,11H,4-10,15H2. The molecule has 0 bridgehead atoms. The van der Waals surface area contributed by atoms with Crippen molar-refractivity contribution in [3.8, 4) is 11.5 Å². The Morgan fingerprint density at radius 3 is 3.06 bits per heavy atom. The second-order valence-electron chi connectivity index (χ2n) is 4.95. The molecule has 0 radical (unpaired) electrons. The molecule has 2 aliphatic heterocycles. The van der Waals surface area contributed by atoms with Gasteiger partial charge in [0.2, 0.25) is 0 Å². The molecule has 4 nitrogen and oxygen atoms in total. The fourth-order valence-corrected chi connectivity index (χ4v) is 2.89. The van der Waals surface area contributed by atoms with E-state index in [1.54, 1.807) is 0 Å². The first-order valence-electron chi connectivity index (χ1n) is 6.69. The lowest BCUT2D eigenvalue weighted by Gasteiger charge is -2.23. The normalized spacial score (nSPS) is 23.3. The number of nitrogens with zero attached hydrogens (tertiary/aromatic N) is 1. The van der Waals surface area contributed by atoms with Gasteiger partial charge in [0.05, 0.1) is 0 Å². The maximum Gasteiger partial charge on any atom is 0.164 e. The molecular weight excluding hydrogens is 228 g/mol. The van der Waals surface area contributed by atoms with Gasteiger partial charge in [-0.3, -0.25) is 0 Å². The summed E-state index contributed by atoms with van der Waals surface area (Å²) in [6.45, 7) is 5.25. The Morgan fingerprint density at radius 2 is 2.17 bits per heavy atom. The van der Waals surface area contributed by atoms with Gasteiger partial charge < -0.3 is 20.1 Å². The molecule has 0 aromatic heterocycles. The minimum atomic E-state index is 0.549. The molecule has 18 heavy (non-hydrogen) atoms. The second-order valence-corrected chi connectivity index (χ2v) is 4.95. The molecule has 1 fully saturated rings. The van der Waals surface area contributed by atoms with Crippen molar-refractivity contribution in [1.82, 2.24) is 4.90 Å². The summed E-state index contributed by atoms with van der Waals surface area (Å²) in [6, 6.07) is 6.23. The van der Waals surface area contributed by atoms with Crippen LogP contribution in [0.1, 0.15) is 17.9 Å². The van der Waals surface area contributed by atoms with E-state index >= 15 is 0 Å². The summed E-state index contributed by atoms with van der Waals surface area (Å²) in [5.41, 5.74) is 6.91. The monoisotopic (exact) mass is 248 g/mol. The highest BCUT2D eigenvalue weighted by molar-refractivity contribution is 5.49. The Balaban J connectivity index is 1.80. The highest BCUT2D eigenvalue weighted by Gasteiger charge is 2.28. The van der Waals surface area contributed by atoms with E-state index in [-0.39, 0.29) is 0 Å².